The molecule has 0 bridgehead atoms. The molecule has 2 aromatic rings. The zero-order valence-electron chi connectivity index (χ0n) is 20.0. The molecule has 1 aromatic carbocycles. The first-order valence-electron chi connectivity index (χ1n) is 12.6. The monoisotopic (exact) mass is 496 g/mol. The Balaban J connectivity index is 1.45. The van der Waals surface area contributed by atoms with Gasteiger partial charge in [-0.3, -0.25) is 19.6 Å². The number of hydrogen-bond donors (Lipinski definition) is 1. The van der Waals surface area contributed by atoms with Gasteiger partial charge in [-0.05, 0) is 74.5 Å². The van der Waals surface area contributed by atoms with Crippen molar-refractivity contribution < 1.29 is 23.1 Å². The fraction of sp³-hybridized carbons (Fsp3) is 0.556. The van der Waals surface area contributed by atoms with Crippen LogP contribution in [0.5, 0.6) is 0 Å². The van der Waals surface area contributed by atoms with Gasteiger partial charge >= 0.3 is 0 Å². The lowest BCUT2D eigenvalue weighted by Crippen LogP contribution is -2.20. The van der Waals surface area contributed by atoms with Crippen LogP contribution in [0.2, 0.25) is 0 Å². The van der Waals surface area contributed by atoms with Crippen LogP contribution in [0.15, 0.2) is 35.5 Å². The highest BCUT2D eigenvalue weighted by Gasteiger charge is 2.41. The number of Topliss-reactive ketones (excluding diaryl/α,β-unsaturated/α-hetero) is 2. The largest absolute Gasteiger partial charge is 0.387 e. The fourth-order valence-corrected chi connectivity index (χ4v) is 7.09. The standard InChI is InChI=1S/C27H32N2O5S/c1-16(30)25-15-28-20(14-29-25)13-26(32)23(11-17-2-6-21(31)10-17)19-5-9-27(24(12-19)18-3-4-18)35(33,34)22-7-8-22/h5,9,12,14-18,22-23,30H,2-4,6-8,10-11,13H2,1H3/t16?,17-,23+/m0/s1. The van der Waals surface area contributed by atoms with E-state index < -0.39 is 21.9 Å². The Kier molecular flexibility index (Phi) is 6.61. The van der Waals surface area contributed by atoms with Crippen LogP contribution in [-0.4, -0.2) is 40.3 Å². The van der Waals surface area contributed by atoms with E-state index in [1.807, 2.05) is 12.1 Å². The number of sulfone groups is 1. The SMILES string of the molecule is CC(O)c1cnc(CC(=O)[C@H](C[C@H]2CCC(=O)C2)c2ccc(S(=O)(=O)C3CC3)c(C3CC3)c2)cn1. The van der Waals surface area contributed by atoms with E-state index in [2.05, 4.69) is 9.97 Å². The van der Waals surface area contributed by atoms with E-state index >= 15 is 0 Å². The summed E-state index contributed by atoms with van der Waals surface area (Å²) < 4.78 is 26.1. The smallest absolute Gasteiger partial charge is 0.181 e. The quantitative estimate of drug-likeness (QED) is 0.529. The minimum absolute atomic E-state index is 0.0111. The Morgan fingerprint density at radius 1 is 1.11 bits per heavy atom. The molecule has 0 radical (unpaired) electrons. The van der Waals surface area contributed by atoms with Crippen LogP contribution >= 0.6 is 0 Å². The summed E-state index contributed by atoms with van der Waals surface area (Å²) in [6, 6.07) is 5.48. The summed E-state index contributed by atoms with van der Waals surface area (Å²) in [4.78, 5) is 34.4. The number of hydrogen-bond acceptors (Lipinski definition) is 7. The van der Waals surface area contributed by atoms with Crippen LogP contribution in [0, 0.1) is 5.92 Å². The van der Waals surface area contributed by atoms with Crippen LogP contribution in [0.25, 0.3) is 0 Å². The molecular formula is C27H32N2O5S. The average Bonchev–Trinajstić information content (AvgIpc) is 3.75. The molecule has 1 N–H and O–H groups in total. The Morgan fingerprint density at radius 3 is 2.46 bits per heavy atom. The van der Waals surface area contributed by atoms with Crippen LogP contribution in [0.4, 0.5) is 0 Å². The van der Waals surface area contributed by atoms with Crippen LogP contribution < -0.4 is 0 Å². The number of nitrogens with zero attached hydrogens (tertiary/aromatic N) is 2. The molecule has 3 aliphatic rings. The van der Waals surface area contributed by atoms with Crippen molar-refractivity contribution in [1.82, 2.24) is 9.97 Å². The van der Waals surface area contributed by atoms with Gasteiger partial charge in [0.2, 0.25) is 0 Å². The maximum Gasteiger partial charge on any atom is 0.181 e. The van der Waals surface area contributed by atoms with Crippen molar-refractivity contribution in [3.05, 3.63) is 53.1 Å². The van der Waals surface area contributed by atoms with Crippen molar-refractivity contribution in [1.29, 1.82) is 0 Å². The lowest BCUT2D eigenvalue weighted by molar-refractivity contribution is -0.121. The molecule has 186 valence electrons. The number of aromatic nitrogens is 2. The first-order chi connectivity index (χ1) is 16.7. The van der Waals surface area contributed by atoms with Gasteiger partial charge in [0, 0.05) is 25.0 Å². The Bertz CT molecular complexity index is 1230. The topological polar surface area (TPSA) is 114 Å². The van der Waals surface area contributed by atoms with Crippen molar-refractivity contribution in [2.45, 2.75) is 92.8 Å². The Morgan fingerprint density at radius 2 is 1.89 bits per heavy atom. The molecular weight excluding hydrogens is 464 g/mol. The van der Waals surface area contributed by atoms with Gasteiger partial charge in [-0.15, -0.1) is 0 Å². The van der Waals surface area contributed by atoms with E-state index in [9.17, 15) is 23.1 Å². The van der Waals surface area contributed by atoms with Crippen molar-refractivity contribution in [3.8, 4) is 0 Å². The van der Waals surface area contributed by atoms with E-state index in [1.54, 1.807) is 13.0 Å². The summed E-state index contributed by atoms with van der Waals surface area (Å²) in [7, 11) is -3.32. The third-order valence-corrected chi connectivity index (χ3v) is 9.87. The lowest BCUT2D eigenvalue weighted by Gasteiger charge is -2.21. The highest BCUT2D eigenvalue weighted by Crippen LogP contribution is 2.47. The van der Waals surface area contributed by atoms with Gasteiger partial charge in [-0.25, -0.2) is 8.42 Å². The molecule has 35 heavy (non-hydrogen) atoms. The first-order valence-corrected chi connectivity index (χ1v) is 14.2. The van der Waals surface area contributed by atoms with Gasteiger partial charge in [0.05, 0.1) is 40.3 Å². The second kappa shape index (κ2) is 9.54. The number of ketones is 2. The second-order valence-corrected chi connectivity index (χ2v) is 12.7. The summed E-state index contributed by atoms with van der Waals surface area (Å²) in [5.74, 6) is 0.188. The molecule has 0 saturated heterocycles. The van der Waals surface area contributed by atoms with Crippen molar-refractivity contribution >= 4 is 21.4 Å². The lowest BCUT2D eigenvalue weighted by atomic mass is 9.83. The molecule has 0 amide bonds. The molecule has 8 heteroatoms. The van der Waals surface area contributed by atoms with Gasteiger partial charge in [0.15, 0.2) is 9.84 Å². The number of aliphatic hydroxyl groups excluding tert-OH is 1. The normalized spacial score (nSPS) is 22.2. The molecule has 3 fully saturated rings. The molecule has 0 aliphatic heterocycles. The van der Waals surface area contributed by atoms with E-state index in [1.165, 1.54) is 12.4 Å². The highest BCUT2D eigenvalue weighted by atomic mass is 32.2. The summed E-state index contributed by atoms with van der Waals surface area (Å²) >= 11 is 0. The summed E-state index contributed by atoms with van der Waals surface area (Å²) in [5.41, 5.74) is 2.67. The van der Waals surface area contributed by atoms with Gasteiger partial charge in [-0.2, -0.15) is 0 Å². The Hall–Kier alpha value is -2.45. The number of benzene rings is 1. The summed E-state index contributed by atoms with van der Waals surface area (Å²) in [5, 5.41) is 9.40. The van der Waals surface area contributed by atoms with E-state index in [0.717, 1.165) is 43.2 Å². The minimum atomic E-state index is -3.32. The number of carbonyl (C=O) groups excluding carboxylic acids is 2. The number of carbonyl (C=O) groups is 2. The second-order valence-electron chi connectivity index (χ2n) is 10.5. The predicted molar refractivity (Wildman–Crippen MR) is 130 cm³/mol. The van der Waals surface area contributed by atoms with Crippen LogP contribution in [0.1, 0.15) is 98.7 Å². The van der Waals surface area contributed by atoms with E-state index in [0.29, 0.717) is 35.5 Å². The van der Waals surface area contributed by atoms with Crippen molar-refractivity contribution in [2.24, 2.45) is 5.92 Å². The van der Waals surface area contributed by atoms with Gasteiger partial charge in [0.1, 0.15) is 11.6 Å². The summed E-state index contributed by atoms with van der Waals surface area (Å²) in [6.45, 7) is 1.61. The molecule has 1 unspecified atom stereocenters. The third-order valence-electron chi connectivity index (χ3n) is 7.54. The summed E-state index contributed by atoms with van der Waals surface area (Å²) in [6.07, 6.45) is 8.18. The highest BCUT2D eigenvalue weighted by molar-refractivity contribution is 7.92. The van der Waals surface area contributed by atoms with Crippen LogP contribution in [-0.2, 0) is 25.8 Å². The van der Waals surface area contributed by atoms with Gasteiger partial charge in [-0.1, -0.05) is 12.1 Å². The molecule has 7 nitrogen and oxygen atoms in total. The van der Waals surface area contributed by atoms with Crippen LogP contribution in [0.3, 0.4) is 0 Å². The predicted octanol–water partition coefficient (Wildman–Crippen LogP) is 4.00. The Labute approximate surface area is 206 Å². The molecule has 3 saturated carbocycles. The zero-order valence-corrected chi connectivity index (χ0v) is 20.8. The zero-order chi connectivity index (χ0) is 24.7. The van der Waals surface area contributed by atoms with E-state index in [-0.39, 0.29) is 35.1 Å². The molecule has 3 aliphatic carbocycles. The maximum atomic E-state index is 13.6. The fourth-order valence-electron chi connectivity index (χ4n) is 5.17. The van der Waals surface area contributed by atoms with Crippen molar-refractivity contribution in [2.75, 3.05) is 0 Å². The molecule has 5 rings (SSSR count). The number of rotatable bonds is 10. The minimum Gasteiger partial charge on any atom is -0.387 e. The maximum absolute atomic E-state index is 13.6. The molecule has 0 spiro atoms. The van der Waals surface area contributed by atoms with E-state index in [4.69, 9.17) is 0 Å². The molecule has 1 heterocycles. The van der Waals surface area contributed by atoms with Crippen molar-refractivity contribution in [3.63, 3.8) is 0 Å². The third kappa shape index (κ3) is 5.38. The molecule has 3 atom stereocenters. The average molecular weight is 497 g/mol. The molecule has 1 aromatic heterocycles. The van der Waals surface area contributed by atoms with Gasteiger partial charge < -0.3 is 5.11 Å². The number of aliphatic hydroxyl groups is 1. The van der Waals surface area contributed by atoms with Gasteiger partial charge in [0.25, 0.3) is 0 Å². The first kappa shape index (κ1) is 24.3.